The van der Waals surface area contributed by atoms with Crippen LogP contribution in [-0.2, 0) is 11.2 Å². The zero-order valence-electron chi connectivity index (χ0n) is 8.11. The van der Waals surface area contributed by atoms with Gasteiger partial charge in [-0.15, -0.1) is 6.58 Å². The lowest BCUT2D eigenvalue weighted by Gasteiger charge is -2.03. The van der Waals surface area contributed by atoms with Crippen molar-refractivity contribution in [2.24, 2.45) is 0 Å². The molecular formula is C12H14O2. The Morgan fingerprint density at radius 1 is 1.29 bits per heavy atom. The molecule has 2 heteroatoms. The highest BCUT2D eigenvalue weighted by molar-refractivity contribution is 5.51. The number of allylic oxidation sites excluding steroid dienone is 1. The number of carbonyl (C=O) groups is 1. The Labute approximate surface area is 84.2 Å². The van der Waals surface area contributed by atoms with E-state index in [1.807, 2.05) is 30.3 Å². The minimum absolute atomic E-state index is 0.117. The van der Waals surface area contributed by atoms with Gasteiger partial charge >= 0.3 is 0 Å². The van der Waals surface area contributed by atoms with Gasteiger partial charge in [-0.3, -0.25) is 4.79 Å². The molecule has 0 saturated carbocycles. The largest absolute Gasteiger partial charge is 0.486 e. The second-order valence-electron chi connectivity index (χ2n) is 2.95. The van der Waals surface area contributed by atoms with Crippen LogP contribution in [0.2, 0.25) is 0 Å². The van der Waals surface area contributed by atoms with E-state index in [0.717, 1.165) is 24.9 Å². The molecule has 0 saturated heterocycles. The van der Waals surface area contributed by atoms with E-state index in [2.05, 4.69) is 6.58 Å². The van der Waals surface area contributed by atoms with E-state index >= 15 is 0 Å². The predicted molar refractivity (Wildman–Crippen MR) is 56.5 cm³/mol. The SMILES string of the molecule is C=CCCc1ccc(OCC=O)cc1. The molecule has 0 unspecified atom stereocenters. The van der Waals surface area contributed by atoms with Crippen molar-refractivity contribution in [3.63, 3.8) is 0 Å². The fourth-order valence-corrected chi connectivity index (χ4v) is 1.15. The normalized spacial score (nSPS) is 9.43. The summed E-state index contributed by atoms with van der Waals surface area (Å²) in [5.74, 6) is 0.736. The summed E-state index contributed by atoms with van der Waals surface area (Å²) in [5.41, 5.74) is 1.25. The molecular weight excluding hydrogens is 176 g/mol. The first-order chi connectivity index (χ1) is 6.86. The molecule has 0 fully saturated rings. The van der Waals surface area contributed by atoms with Gasteiger partial charge in [-0.1, -0.05) is 18.2 Å². The number of hydrogen-bond donors (Lipinski definition) is 0. The third kappa shape index (κ3) is 3.44. The molecule has 0 aliphatic carbocycles. The van der Waals surface area contributed by atoms with Crippen LogP contribution in [0.15, 0.2) is 36.9 Å². The van der Waals surface area contributed by atoms with Gasteiger partial charge in [0.05, 0.1) is 0 Å². The standard InChI is InChI=1S/C12H14O2/c1-2-3-4-11-5-7-12(8-6-11)14-10-9-13/h2,5-9H,1,3-4,10H2. The Morgan fingerprint density at radius 2 is 2.00 bits per heavy atom. The summed E-state index contributed by atoms with van der Waals surface area (Å²) < 4.78 is 5.13. The summed E-state index contributed by atoms with van der Waals surface area (Å²) in [5, 5.41) is 0. The fourth-order valence-electron chi connectivity index (χ4n) is 1.15. The van der Waals surface area contributed by atoms with Gasteiger partial charge in [0.15, 0.2) is 6.29 Å². The molecule has 14 heavy (non-hydrogen) atoms. The van der Waals surface area contributed by atoms with Gasteiger partial charge in [0, 0.05) is 0 Å². The van der Waals surface area contributed by atoms with E-state index < -0.39 is 0 Å². The van der Waals surface area contributed by atoms with Crippen molar-refractivity contribution < 1.29 is 9.53 Å². The smallest absolute Gasteiger partial charge is 0.157 e. The summed E-state index contributed by atoms with van der Waals surface area (Å²) in [7, 11) is 0. The zero-order chi connectivity index (χ0) is 10.2. The Balaban J connectivity index is 2.49. The van der Waals surface area contributed by atoms with Crippen LogP contribution in [0.1, 0.15) is 12.0 Å². The zero-order valence-corrected chi connectivity index (χ0v) is 8.11. The van der Waals surface area contributed by atoms with Gasteiger partial charge in [-0.05, 0) is 30.5 Å². The monoisotopic (exact) mass is 190 g/mol. The summed E-state index contributed by atoms with van der Waals surface area (Å²) >= 11 is 0. The van der Waals surface area contributed by atoms with Gasteiger partial charge in [0.2, 0.25) is 0 Å². The fraction of sp³-hybridized carbons (Fsp3) is 0.250. The third-order valence-corrected chi connectivity index (χ3v) is 1.88. The number of ether oxygens (including phenoxy) is 1. The highest BCUT2D eigenvalue weighted by Gasteiger charge is 1.94. The second kappa shape index (κ2) is 5.97. The number of benzene rings is 1. The Hall–Kier alpha value is -1.57. The van der Waals surface area contributed by atoms with Gasteiger partial charge in [-0.25, -0.2) is 0 Å². The molecule has 0 aromatic heterocycles. The van der Waals surface area contributed by atoms with Crippen LogP contribution in [0.5, 0.6) is 5.75 Å². The molecule has 0 spiro atoms. The lowest BCUT2D eigenvalue weighted by atomic mass is 10.1. The molecule has 1 aromatic rings. The van der Waals surface area contributed by atoms with Gasteiger partial charge in [-0.2, -0.15) is 0 Å². The minimum Gasteiger partial charge on any atom is -0.486 e. The van der Waals surface area contributed by atoms with Crippen molar-refractivity contribution in [3.05, 3.63) is 42.5 Å². The van der Waals surface area contributed by atoms with Crippen LogP contribution in [-0.4, -0.2) is 12.9 Å². The van der Waals surface area contributed by atoms with Crippen LogP contribution < -0.4 is 4.74 Å². The molecule has 74 valence electrons. The van der Waals surface area contributed by atoms with Crippen molar-refractivity contribution in [2.75, 3.05) is 6.61 Å². The predicted octanol–water partition coefficient (Wildman–Crippen LogP) is 2.38. The maximum Gasteiger partial charge on any atom is 0.157 e. The van der Waals surface area contributed by atoms with E-state index in [1.54, 1.807) is 0 Å². The quantitative estimate of drug-likeness (QED) is 0.508. The number of rotatable bonds is 6. The summed E-state index contributed by atoms with van der Waals surface area (Å²) in [4.78, 5) is 10.1. The number of aryl methyl sites for hydroxylation is 1. The van der Waals surface area contributed by atoms with E-state index in [4.69, 9.17) is 4.74 Å². The average molecular weight is 190 g/mol. The molecule has 2 nitrogen and oxygen atoms in total. The summed E-state index contributed by atoms with van der Waals surface area (Å²) in [6, 6.07) is 7.76. The molecule has 1 rings (SSSR count). The Morgan fingerprint density at radius 3 is 2.57 bits per heavy atom. The number of hydrogen-bond acceptors (Lipinski definition) is 2. The molecule has 0 aliphatic rings. The van der Waals surface area contributed by atoms with Crippen molar-refractivity contribution in [1.29, 1.82) is 0 Å². The van der Waals surface area contributed by atoms with Crippen molar-refractivity contribution in [1.82, 2.24) is 0 Å². The second-order valence-corrected chi connectivity index (χ2v) is 2.95. The van der Waals surface area contributed by atoms with Crippen molar-refractivity contribution in [2.45, 2.75) is 12.8 Å². The first-order valence-corrected chi connectivity index (χ1v) is 4.63. The number of carbonyl (C=O) groups excluding carboxylic acids is 1. The first kappa shape index (κ1) is 10.5. The molecule has 0 amide bonds. The lowest BCUT2D eigenvalue weighted by molar-refractivity contribution is -0.109. The van der Waals surface area contributed by atoms with E-state index in [-0.39, 0.29) is 6.61 Å². The molecule has 0 radical (unpaired) electrons. The topological polar surface area (TPSA) is 26.3 Å². The highest BCUT2D eigenvalue weighted by Crippen LogP contribution is 2.13. The van der Waals surface area contributed by atoms with Gasteiger partial charge < -0.3 is 4.74 Å². The van der Waals surface area contributed by atoms with E-state index in [1.165, 1.54) is 5.56 Å². The van der Waals surface area contributed by atoms with Crippen molar-refractivity contribution in [3.8, 4) is 5.75 Å². The molecule has 0 heterocycles. The molecule has 0 N–H and O–H groups in total. The van der Waals surface area contributed by atoms with Crippen LogP contribution in [0.4, 0.5) is 0 Å². The minimum atomic E-state index is 0.117. The van der Waals surface area contributed by atoms with Crippen LogP contribution in [0.25, 0.3) is 0 Å². The Kier molecular flexibility index (Phi) is 4.48. The third-order valence-electron chi connectivity index (χ3n) is 1.88. The Bertz CT molecular complexity index is 257. The van der Waals surface area contributed by atoms with Crippen molar-refractivity contribution >= 4 is 6.29 Å². The van der Waals surface area contributed by atoms with Crippen LogP contribution in [0.3, 0.4) is 0 Å². The van der Waals surface area contributed by atoms with Crippen LogP contribution >= 0.6 is 0 Å². The molecule has 0 aliphatic heterocycles. The highest BCUT2D eigenvalue weighted by atomic mass is 16.5. The molecule has 1 aromatic carbocycles. The van der Waals surface area contributed by atoms with Crippen LogP contribution in [0, 0.1) is 0 Å². The lowest BCUT2D eigenvalue weighted by Crippen LogP contribution is -1.97. The van der Waals surface area contributed by atoms with E-state index in [0.29, 0.717) is 0 Å². The van der Waals surface area contributed by atoms with E-state index in [9.17, 15) is 4.79 Å². The van der Waals surface area contributed by atoms with Gasteiger partial charge in [0.1, 0.15) is 12.4 Å². The number of aldehydes is 1. The average Bonchev–Trinajstić information content (AvgIpc) is 2.25. The maximum atomic E-state index is 10.1. The molecule has 0 bridgehead atoms. The molecule has 0 atom stereocenters. The summed E-state index contributed by atoms with van der Waals surface area (Å²) in [6.07, 6.45) is 4.62. The van der Waals surface area contributed by atoms with Gasteiger partial charge in [0.25, 0.3) is 0 Å². The maximum absolute atomic E-state index is 10.1. The summed E-state index contributed by atoms with van der Waals surface area (Å²) in [6.45, 7) is 3.79. The first-order valence-electron chi connectivity index (χ1n) is 4.63.